The zero-order chi connectivity index (χ0) is 8.43. The molecule has 0 aliphatic carbocycles. The molecule has 0 unspecified atom stereocenters. The summed E-state index contributed by atoms with van der Waals surface area (Å²) in [6.45, 7) is 0. The minimum absolute atomic E-state index is 0.0129. The first-order valence-corrected chi connectivity index (χ1v) is 4.16. The lowest BCUT2D eigenvalue weighted by molar-refractivity contribution is 0.581. The van der Waals surface area contributed by atoms with Gasteiger partial charge in [-0.05, 0) is 12.3 Å². The van der Waals surface area contributed by atoms with E-state index in [1.807, 2.05) is 0 Å². The maximum atomic E-state index is 12.6. The highest BCUT2D eigenvalue weighted by molar-refractivity contribution is 7.98. The van der Waals surface area contributed by atoms with Crippen LogP contribution in [0.2, 0.25) is 0 Å². The second kappa shape index (κ2) is 3.09. The summed E-state index contributed by atoms with van der Waals surface area (Å²) < 4.78 is 25.1. The van der Waals surface area contributed by atoms with Gasteiger partial charge in [0.1, 0.15) is 11.6 Å². The van der Waals surface area contributed by atoms with Crippen molar-refractivity contribution >= 4 is 17.4 Å². The SMILES string of the molecule is CSc1cc(F)cc(F)c1N. The quantitative estimate of drug-likeness (QED) is 0.523. The molecule has 0 bridgehead atoms. The molecule has 0 aliphatic heterocycles. The standard InChI is InChI=1S/C7H7F2NS/c1-11-6-3-4(8)2-5(9)7(6)10/h2-3H,10H2,1H3. The fourth-order valence-electron chi connectivity index (χ4n) is 0.730. The highest BCUT2D eigenvalue weighted by Crippen LogP contribution is 2.25. The van der Waals surface area contributed by atoms with Gasteiger partial charge in [0.2, 0.25) is 0 Å². The number of thioether (sulfide) groups is 1. The molecule has 0 radical (unpaired) electrons. The van der Waals surface area contributed by atoms with Crippen LogP contribution >= 0.6 is 11.8 Å². The average molecular weight is 175 g/mol. The van der Waals surface area contributed by atoms with Gasteiger partial charge in [0.05, 0.1) is 5.69 Å². The lowest BCUT2D eigenvalue weighted by Crippen LogP contribution is -1.94. The van der Waals surface area contributed by atoms with Gasteiger partial charge in [-0.15, -0.1) is 11.8 Å². The molecule has 0 aliphatic rings. The highest BCUT2D eigenvalue weighted by Gasteiger charge is 2.05. The normalized spacial score (nSPS) is 10.1. The summed E-state index contributed by atoms with van der Waals surface area (Å²) in [6, 6.07) is 1.98. The molecule has 11 heavy (non-hydrogen) atoms. The predicted molar refractivity (Wildman–Crippen MR) is 42.6 cm³/mol. The molecule has 1 nitrogen and oxygen atoms in total. The third kappa shape index (κ3) is 1.63. The molecule has 4 heteroatoms. The zero-order valence-electron chi connectivity index (χ0n) is 5.90. The number of benzene rings is 1. The van der Waals surface area contributed by atoms with Crippen molar-refractivity contribution in [2.24, 2.45) is 0 Å². The molecule has 0 spiro atoms. The van der Waals surface area contributed by atoms with Crippen molar-refractivity contribution in [3.63, 3.8) is 0 Å². The summed E-state index contributed by atoms with van der Waals surface area (Å²) in [5.74, 6) is -1.30. The van der Waals surface area contributed by atoms with Crippen LogP contribution in [0.25, 0.3) is 0 Å². The molecule has 60 valence electrons. The van der Waals surface area contributed by atoms with Crippen LogP contribution in [0.3, 0.4) is 0 Å². The fraction of sp³-hybridized carbons (Fsp3) is 0.143. The Labute approximate surface area is 67.6 Å². The van der Waals surface area contributed by atoms with E-state index >= 15 is 0 Å². The monoisotopic (exact) mass is 175 g/mol. The highest BCUT2D eigenvalue weighted by atomic mass is 32.2. The maximum absolute atomic E-state index is 12.6. The van der Waals surface area contributed by atoms with E-state index in [4.69, 9.17) is 5.73 Å². The second-order valence-electron chi connectivity index (χ2n) is 2.00. The van der Waals surface area contributed by atoms with Gasteiger partial charge in [0.25, 0.3) is 0 Å². The van der Waals surface area contributed by atoms with E-state index in [0.717, 1.165) is 6.07 Å². The van der Waals surface area contributed by atoms with Crippen molar-refractivity contribution in [2.75, 3.05) is 12.0 Å². The van der Waals surface area contributed by atoms with Gasteiger partial charge in [-0.1, -0.05) is 0 Å². The molecule has 1 aromatic carbocycles. The first-order chi connectivity index (χ1) is 5.15. The second-order valence-corrected chi connectivity index (χ2v) is 2.85. The van der Waals surface area contributed by atoms with Crippen molar-refractivity contribution in [3.8, 4) is 0 Å². The molecule has 0 saturated heterocycles. The number of rotatable bonds is 1. The molecule has 0 amide bonds. The van der Waals surface area contributed by atoms with Crippen molar-refractivity contribution < 1.29 is 8.78 Å². The maximum Gasteiger partial charge on any atom is 0.150 e. The molecule has 1 aromatic rings. The largest absolute Gasteiger partial charge is 0.395 e. The smallest absolute Gasteiger partial charge is 0.150 e. The van der Waals surface area contributed by atoms with Gasteiger partial charge in [-0.25, -0.2) is 8.78 Å². The zero-order valence-corrected chi connectivity index (χ0v) is 6.71. The van der Waals surface area contributed by atoms with Crippen LogP contribution in [0.5, 0.6) is 0 Å². The third-order valence-electron chi connectivity index (χ3n) is 1.28. The van der Waals surface area contributed by atoms with Crippen molar-refractivity contribution in [3.05, 3.63) is 23.8 Å². The van der Waals surface area contributed by atoms with E-state index in [9.17, 15) is 8.78 Å². The first kappa shape index (κ1) is 8.33. The summed E-state index contributed by atoms with van der Waals surface area (Å²) >= 11 is 1.22. The van der Waals surface area contributed by atoms with E-state index in [1.54, 1.807) is 6.26 Å². The Hall–Kier alpha value is -0.770. The van der Waals surface area contributed by atoms with Gasteiger partial charge in [-0.3, -0.25) is 0 Å². The Bertz CT molecular complexity index is 275. The molecular weight excluding hydrogens is 168 g/mol. The molecule has 0 atom stereocenters. The van der Waals surface area contributed by atoms with Crippen LogP contribution in [0, 0.1) is 11.6 Å². The van der Waals surface area contributed by atoms with Gasteiger partial charge in [0.15, 0.2) is 0 Å². The summed E-state index contributed by atoms with van der Waals surface area (Å²) in [5.41, 5.74) is 5.31. The molecule has 0 heterocycles. The Balaban J connectivity index is 3.24. The van der Waals surface area contributed by atoms with Gasteiger partial charge >= 0.3 is 0 Å². The molecule has 0 aromatic heterocycles. The van der Waals surface area contributed by atoms with Gasteiger partial charge in [-0.2, -0.15) is 0 Å². The van der Waals surface area contributed by atoms with Crippen LogP contribution in [-0.2, 0) is 0 Å². The summed E-state index contributed by atoms with van der Waals surface area (Å²) in [5, 5.41) is 0. The predicted octanol–water partition coefficient (Wildman–Crippen LogP) is 2.27. The molecule has 0 fully saturated rings. The number of nitrogens with two attached hydrogens (primary N) is 1. The van der Waals surface area contributed by atoms with E-state index < -0.39 is 11.6 Å². The number of halogens is 2. The van der Waals surface area contributed by atoms with Crippen molar-refractivity contribution in [1.82, 2.24) is 0 Å². The van der Waals surface area contributed by atoms with Crippen molar-refractivity contribution in [1.29, 1.82) is 0 Å². The van der Waals surface area contributed by atoms with Crippen LogP contribution in [0.4, 0.5) is 14.5 Å². The molecule has 2 N–H and O–H groups in total. The van der Waals surface area contributed by atoms with Crippen molar-refractivity contribution in [2.45, 2.75) is 4.90 Å². The number of anilines is 1. The Morgan fingerprint density at radius 1 is 1.36 bits per heavy atom. The van der Waals surface area contributed by atoms with Crippen LogP contribution in [0.1, 0.15) is 0 Å². The summed E-state index contributed by atoms with van der Waals surface area (Å²) in [6.07, 6.45) is 1.71. The van der Waals surface area contributed by atoms with E-state index in [1.165, 1.54) is 17.8 Å². The topological polar surface area (TPSA) is 26.0 Å². The average Bonchev–Trinajstić information content (AvgIpc) is 1.96. The van der Waals surface area contributed by atoms with Gasteiger partial charge in [0, 0.05) is 11.0 Å². The Morgan fingerprint density at radius 2 is 2.00 bits per heavy atom. The minimum atomic E-state index is -0.700. The van der Waals surface area contributed by atoms with E-state index in [2.05, 4.69) is 0 Å². The number of nitrogen functional groups attached to an aromatic ring is 1. The molecular formula is C7H7F2NS. The van der Waals surface area contributed by atoms with Crippen LogP contribution in [0.15, 0.2) is 17.0 Å². The lowest BCUT2D eigenvalue weighted by atomic mass is 10.3. The summed E-state index contributed by atoms with van der Waals surface area (Å²) in [4.78, 5) is 0.433. The van der Waals surface area contributed by atoms with Crippen LogP contribution < -0.4 is 5.73 Å². The number of hydrogen-bond donors (Lipinski definition) is 1. The first-order valence-electron chi connectivity index (χ1n) is 2.93. The minimum Gasteiger partial charge on any atom is -0.395 e. The van der Waals surface area contributed by atoms with E-state index in [0.29, 0.717) is 4.90 Å². The Kier molecular flexibility index (Phi) is 2.34. The molecule has 1 rings (SSSR count). The lowest BCUT2D eigenvalue weighted by Gasteiger charge is -2.02. The van der Waals surface area contributed by atoms with Crippen LogP contribution in [-0.4, -0.2) is 6.26 Å². The molecule has 0 saturated carbocycles. The Morgan fingerprint density at radius 3 is 2.55 bits per heavy atom. The fourth-order valence-corrected chi connectivity index (χ4v) is 1.28. The van der Waals surface area contributed by atoms with Gasteiger partial charge < -0.3 is 5.73 Å². The summed E-state index contributed by atoms with van der Waals surface area (Å²) in [7, 11) is 0. The third-order valence-corrected chi connectivity index (χ3v) is 2.05. The van der Waals surface area contributed by atoms with E-state index in [-0.39, 0.29) is 5.69 Å². The number of hydrogen-bond acceptors (Lipinski definition) is 2.